The van der Waals surface area contributed by atoms with Gasteiger partial charge in [0.2, 0.25) is 0 Å². The van der Waals surface area contributed by atoms with E-state index in [0.29, 0.717) is 5.56 Å². The smallest absolute Gasteiger partial charge is 0.382 e. The number of rotatable bonds is 2. The molecule has 0 aromatic carbocycles. The third-order valence-corrected chi connectivity index (χ3v) is 2.90. The van der Waals surface area contributed by atoms with Crippen LogP contribution in [0.1, 0.15) is 5.56 Å². The Balaban J connectivity index is 2.12. The van der Waals surface area contributed by atoms with Crippen molar-refractivity contribution in [2.45, 2.75) is 18.8 Å². The van der Waals surface area contributed by atoms with Gasteiger partial charge in [-0.05, 0) is 6.07 Å². The van der Waals surface area contributed by atoms with E-state index in [1.807, 2.05) is 5.32 Å². The molecule has 1 aromatic heterocycles. The van der Waals surface area contributed by atoms with Crippen LogP contribution < -0.4 is 11.1 Å². The van der Waals surface area contributed by atoms with Gasteiger partial charge in [0.1, 0.15) is 11.9 Å². The number of nitrogen functional groups attached to an aromatic ring is 1. The van der Waals surface area contributed by atoms with Crippen LogP contribution >= 0.6 is 11.6 Å². The van der Waals surface area contributed by atoms with Crippen LogP contribution in [0, 0.1) is 0 Å². The van der Waals surface area contributed by atoms with Crippen molar-refractivity contribution in [1.82, 2.24) is 20.4 Å². The molecule has 6 nitrogen and oxygen atoms in total. The maximum absolute atomic E-state index is 12.5. The van der Waals surface area contributed by atoms with Gasteiger partial charge in [0.05, 0.1) is 13.1 Å². The van der Waals surface area contributed by atoms with Crippen molar-refractivity contribution in [3.8, 4) is 0 Å². The maximum Gasteiger partial charge on any atom is 0.410 e. The number of nitrogens with zero attached hydrogens (tertiary/aromatic N) is 3. The van der Waals surface area contributed by atoms with Crippen molar-refractivity contribution in [2.24, 2.45) is 0 Å². The zero-order valence-corrected chi connectivity index (χ0v) is 10.2. The van der Waals surface area contributed by atoms with Gasteiger partial charge in [-0.25, -0.2) is 4.79 Å². The Morgan fingerprint density at radius 2 is 2.21 bits per heavy atom. The average Bonchev–Trinajstić information content (AvgIpc) is 2.65. The number of carbonyl (C=O) groups excluding carboxylic acids is 1. The summed E-state index contributed by atoms with van der Waals surface area (Å²) in [6, 6.07) is -1.33. The zero-order valence-electron chi connectivity index (χ0n) is 9.41. The summed E-state index contributed by atoms with van der Waals surface area (Å²) in [5.74, 6) is 0.0753. The highest BCUT2D eigenvalue weighted by Gasteiger charge is 2.46. The van der Waals surface area contributed by atoms with Gasteiger partial charge in [0.25, 0.3) is 0 Å². The van der Waals surface area contributed by atoms with Gasteiger partial charge in [-0.15, -0.1) is 10.2 Å². The molecule has 1 saturated heterocycles. The molecular weight excluding hydrogens is 287 g/mol. The zero-order chi connectivity index (χ0) is 14.2. The fourth-order valence-electron chi connectivity index (χ4n) is 1.66. The number of nitrogens with two attached hydrogens (primary N) is 1. The van der Waals surface area contributed by atoms with Crippen LogP contribution in [0.5, 0.6) is 0 Å². The number of aromatic nitrogens is 2. The van der Waals surface area contributed by atoms with Crippen molar-refractivity contribution >= 4 is 23.4 Å². The summed E-state index contributed by atoms with van der Waals surface area (Å²) in [5, 5.41) is 8.85. The lowest BCUT2D eigenvalue weighted by Crippen LogP contribution is -2.40. The molecule has 2 amide bonds. The lowest BCUT2D eigenvalue weighted by Gasteiger charge is -2.16. The van der Waals surface area contributed by atoms with Gasteiger partial charge in [-0.2, -0.15) is 13.2 Å². The van der Waals surface area contributed by atoms with E-state index < -0.39 is 24.8 Å². The van der Waals surface area contributed by atoms with Gasteiger partial charge in [-0.3, -0.25) is 0 Å². The standard InChI is InChI=1S/C9H9ClF3N5O/c10-7-4(1-6(14)16-17-7)2-18-3-5(9(11,12)13)15-8(18)19/h1,5H,2-3H2,(H2,14,16)(H,15,19)/t5-/m0/s1. The summed E-state index contributed by atoms with van der Waals surface area (Å²) in [5.41, 5.74) is 5.74. The lowest BCUT2D eigenvalue weighted by molar-refractivity contribution is -0.149. The summed E-state index contributed by atoms with van der Waals surface area (Å²) in [7, 11) is 0. The highest BCUT2D eigenvalue weighted by atomic mass is 35.5. The molecule has 0 aliphatic carbocycles. The lowest BCUT2D eigenvalue weighted by atomic mass is 10.2. The fourth-order valence-corrected chi connectivity index (χ4v) is 1.81. The van der Waals surface area contributed by atoms with Crippen molar-refractivity contribution in [3.63, 3.8) is 0 Å². The van der Waals surface area contributed by atoms with E-state index >= 15 is 0 Å². The van der Waals surface area contributed by atoms with E-state index in [-0.39, 0.29) is 17.5 Å². The van der Waals surface area contributed by atoms with Crippen molar-refractivity contribution in [2.75, 3.05) is 12.3 Å². The van der Waals surface area contributed by atoms with Crippen LogP contribution in [0.15, 0.2) is 6.07 Å². The molecule has 2 rings (SSSR count). The summed E-state index contributed by atoms with van der Waals surface area (Å²) in [6.45, 7) is -0.599. The third kappa shape index (κ3) is 2.98. The number of alkyl halides is 3. The van der Waals surface area contributed by atoms with Crippen molar-refractivity contribution < 1.29 is 18.0 Å². The molecule has 10 heteroatoms. The molecule has 0 radical (unpaired) electrons. The van der Waals surface area contributed by atoms with Crippen LogP contribution in [0.25, 0.3) is 0 Å². The Morgan fingerprint density at radius 3 is 2.79 bits per heavy atom. The van der Waals surface area contributed by atoms with E-state index in [4.69, 9.17) is 17.3 Å². The summed E-state index contributed by atoms with van der Waals surface area (Å²) in [4.78, 5) is 12.4. The second-order valence-electron chi connectivity index (χ2n) is 4.01. The predicted molar refractivity (Wildman–Crippen MR) is 60.2 cm³/mol. The van der Waals surface area contributed by atoms with E-state index in [1.54, 1.807) is 0 Å². The Kier molecular flexibility index (Phi) is 3.40. The SMILES string of the molecule is Nc1cc(CN2C[C@@H](C(F)(F)F)NC2=O)c(Cl)nn1. The topological polar surface area (TPSA) is 84.1 Å². The Hall–Kier alpha value is -1.77. The minimum atomic E-state index is -4.48. The molecule has 2 heterocycles. The second-order valence-corrected chi connectivity index (χ2v) is 4.37. The van der Waals surface area contributed by atoms with E-state index in [9.17, 15) is 18.0 Å². The predicted octanol–water partition coefficient (Wildman–Crippen LogP) is 1.17. The second kappa shape index (κ2) is 4.72. The van der Waals surface area contributed by atoms with Crippen molar-refractivity contribution in [3.05, 3.63) is 16.8 Å². The highest BCUT2D eigenvalue weighted by molar-refractivity contribution is 6.30. The molecule has 19 heavy (non-hydrogen) atoms. The number of hydrogen-bond acceptors (Lipinski definition) is 4. The van der Waals surface area contributed by atoms with Gasteiger partial charge < -0.3 is 16.0 Å². The first kappa shape index (κ1) is 13.7. The minimum absolute atomic E-state index is 0.00235. The largest absolute Gasteiger partial charge is 0.410 e. The molecular formula is C9H9ClF3N5O. The first-order chi connectivity index (χ1) is 8.77. The monoisotopic (exact) mass is 295 g/mol. The molecule has 1 aliphatic rings. The van der Waals surface area contributed by atoms with Crippen LogP contribution in [-0.2, 0) is 6.54 Å². The number of halogens is 4. The first-order valence-electron chi connectivity index (χ1n) is 5.17. The first-order valence-corrected chi connectivity index (χ1v) is 5.55. The molecule has 0 saturated carbocycles. The molecule has 0 unspecified atom stereocenters. The molecule has 1 atom stereocenters. The number of amides is 2. The third-order valence-electron chi connectivity index (χ3n) is 2.58. The van der Waals surface area contributed by atoms with E-state index in [1.165, 1.54) is 6.07 Å². The van der Waals surface area contributed by atoms with Gasteiger partial charge in [0, 0.05) is 5.56 Å². The molecule has 1 fully saturated rings. The minimum Gasteiger partial charge on any atom is -0.382 e. The normalized spacial score (nSPS) is 19.7. The molecule has 1 aromatic rings. The van der Waals surface area contributed by atoms with Crippen LogP contribution in [0.3, 0.4) is 0 Å². The molecule has 0 bridgehead atoms. The van der Waals surface area contributed by atoms with E-state index in [2.05, 4.69) is 10.2 Å². The Morgan fingerprint density at radius 1 is 1.53 bits per heavy atom. The number of hydrogen-bond donors (Lipinski definition) is 2. The summed E-state index contributed by atoms with van der Waals surface area (Å²) < 4.78 is 37.4. The average molecular weight is 296 g/mol. The van der Waals surface area contributed by atoms with Gasteiger partial charge >= 0.3 is 12.2 Å². The number of urea groups is 1. The van der Waals surface area contributed by atoms with Crippen molar-refractivity contribution in [1.29, 1.82) is 0 Å². The quantitative estimate of drug-likeness (QED) is 0.858. The maximum atomic E-state index is 12.5. The summed E-state index contributed by atoms with van der Waals surface area (Å²) >= 11 is 5.74. The fraction of sp³-hybridized carbons (Fsp3) is 0.444. The molecule has 104 valence electrons. The number of carbonyl (C=O) groups is 1. The molecule has 1 aliphatic heterocycles. The summed E-state index contributed by atoms with van der Waals surface area (Å²) in [6.07, 6.45) is -4.48. The Labute approximate surface area is 110 Å². The highest BCUT2D eigenvalue weighted by Crippen LogP contribution is 2.26. The van der Waals surface area contributed by atoms with Gasteiger partial charge in [0.15, 0.2) is 5.15 Å². The van der Waals surface area contributed by atoms with Crippen LogP contribution in [-0.4, -0.2) is 39.9 Å². The van der Waals surface area contributed by atoms with Crippen LogP contribution in [0.2, 0.25) is 5.15 Å². The Bertz CT molecular complexity index is 509. The van der Waals surface area contributed by atoms with Crippen LogP contribution in [0.4, 0.5) is 23.8 Å². The molecule has 0 spiro atoms. The number of nitrogens with one attached hydrogen (secondary N) is 1. The van der Waals surface area contributed by atoms with Gasteiger partial charge in [-0.1, -0.05) is 11.6 Å². The molecule has 3 N–H and O–H groups in total. The number of anilines is 1. The van der Waals surface area contributed by atoms with E-state index in [0.717, 1.165) is 4.90 Å².